The second-order valence-electron chi connectivity index (χ2n) is 3.44. The Labute approximate surface area is 106 Å². The van der Waals surface area contributed by atoms with Crippen molar-refractivity contribution >= 4 is 41.3 Å². The predicted molar refractivity (Wildman–Crippen MR) is 64.0 cm³/mol. The van der Waals surface area contributed by atoms with Crippen LogP contribution in [0.15, 0.2) is 9.93 Å². The van der Waals surface area contributed by atoms with Crippen molar-refractivity contribution in [3.8, 4) is 0 Å². The fourth-order valence-corrected chi connectivity index (χ4v) is 4.13. The van der Waals surface area contributed by atoms with Gasteiger partial charge in [0, 0.05) is 7.05 Å². The first kappa shape index (κ1) is 12.3. The van der Waals surface area contributed by atoms with Crippen molar-refractivity contribution in [2.24, 2.45) is 0 Å². The molecule has 0 aromatic heterocycles. The van der Waals surface area contributed by atoms with Crippen LogP contribution in [0.4, 0.5) is 0 Å². The van der Waals surface area contributed by atoms with Crippen molar-refractivity contribution in [1.82, 2.24) is 10.2 Å². The molecule has 2 N–H and O–H groups in total. The van der Waals surface area contributed by atoms with E-state index in [-0.39, 0.29) is 28.6 Å². The molecule has 1 saturated heterocycles. The van der Waals surface area contributed by atoms with Gasteiger partial charge in [0.05, 0.1) is 21.8 Å². The summed E-state index contributed by atoms with van der Waals surface area (Å²) < 4.78 is 0.539. The van der Waals surface area contributed by atoms with Crippen molar-refractivity contribution in [2.75, 3.05) is 12.8 Å². The Bertz CT molecular complexity index is 435. The molecule has 1 atom stereocenters. The second kappa shape index (κ2) is 4.61. The average Bonchev–Trinajstić information content (AvgIpc) is 2.58. The van der Waals surface area contributed by atoms with Gasteiger partial charge in [-0.15, -0.1) is 11.8 Å². The SMILES string of the molecule is CNC(=O)CSC1=C(C(=O)O)N2C(=O)C[C@H]2S1. The largest absolute Gasteiger partial charge is 0.477 e. The van der Waals surface area contributed by atoms with E-state index in [4.69, 9.17) is 5.11 Å². The first-order valence-electron chi connectivity index (χ1n) is 4.84. The van der Waals surface area contributed by atoms with Crippen LogP contribution in [0.1, 0.15) is 6.42 Å². The Hall–Kier alpha value is -1.15. The summed E-state index contributed by atoms with van der Waals surface area (Å²) in [6, 6.07) is 0. The molecular weight excluding hydrogens is 264 g/mol. The molecule has 1 fully saturated rings. The summed E-state index contributed by atoms with van der Waals surface area (Å²) in [4.78, 5) is 34.8. The van der Waals surface area contributed by atoms with Crippen LogP contribution in [0, 0.1) is 0 Å². The highest BCUT2D eigenvalue weighted by Crippen LogP contribution is 2.50. The minimum absolute atomic E-state index is 0.0187. The number of β-lactam (4-membered cyclic amide) rings is 1. The number of rotatable bonds is 4. The molecule has 17 heavy (non-hydrogen) atoms. The topological polar surface area (TPSA) is 86.7 Å². The molecule has 6 nitrogen and oxygen atoms in total. The maximum Gasteiger partial charge on any atom is 0.354 e. The number of thioether (sulfide) groups is 2. The standard InChI is InChI=1S/C9H10N2O4S2/c1-10-4(12)3-16-9-7(8(14)15)11-5(13)2-6(11)17-9/h6H,2-3H2,1H3,(H,10,12)(H,14,15)/t6-/m1/s1. The molecule has 0 unspecified atom stereocenters. The molecule has 2 aliphatic rings. The fraction of sp³-hybridized carbons (Fsp3) is 0.444. The summed E-state index contributed by atoms with van der Waals surface area (Å²) in [5.41, 5.74) is 0.0187. The van der Waals surface area contributed by atoms with Crippen LogP contribution in [-0.2, 0) is 14.4 Å². The van der Waals surface area contributed by atoms with Crippen LogP contribution in [0.2, 0.25) is 0 Å². The molecule has 2 rings (SSSR count). The number of hydrogen-bond donors (Lipinski definition) is 2. The van der Waals surface area contributed by atoms with Crippen molar-refractivity contribution in [3.63, 3.8) is 0 Å². The van der Waals surface area contributed by atoms with Crippen molar-refractivity contribution in [2.45, 2.75) is 11.8 Å². The number of carboxylic acid groups (broad SMARTS) is 1. The van der Waals surface area contributed by atoms with Gasteiger partial charge in [0.25, 0.3) is 0 Å². The quantitative estimate of drug-likeness (QED) is 0.703. The molecule has 0 bridgehead atoms. The van der Waals surface area contributed by atoms with E-state index in [1.54, 1.807) is 0 Å². The molecule has 0 saturated carbocycles. The summed E-state index contributed by atoms with van der Waals surface area (Å²) in [6.07, 6.45) is 0.367. The van der Waals surface area contributed by atoms with E-state index < -0.39 is 5.97 Å². The molecule has 2 amide bonds. The Morgan fingerprint density at radius 3 is 2.88 bits per heavy atom. The van der Waals surface area contributed by atoms with E-state index >= 15 is 0 Å². The van der Waals surface area contributed by atoms with Gasteiger partial charge in [-0.3, -0.25) is 14.5 Å². The first-order chi connectivity index (χ1) is 8.04. The highest BCUT2D eigenvalue weighted by atomic mass is 32.2. The van der Waals surface area contributed by atoms with Crippen LogP contribution < -0.4 is 5.32 Å². The predicted octanol–water partition coefficient (Wildman–Crippen LogP) is 0.0245. The summed E-state index contributed by atoms with van der Waals surface area (Å²) in [6.45, 7) is 0. The lowest BCUT2D eigenvalue weighted by Gasteiger charge is -2.33. The maximum atomic E-state index is 11.3. The summed E-state index contributed by atoms with van der Waals surface area (Å²) in [7, 11) is 1.52. The van der Waals surface area contributed by atoms with E-state index in [1.807, 2.05) is 0 Å². The lowest BCUT2D eigenvalue weighted by Crippen LogP contribution is -2.48. The lowest BCUT2D eigenvalue weighted by molar-refractivity contribution is -0.145. The second-order valence-corrected chi connectivity index (χ2v) is 5.88. The number of nitrogens with zero attached hydrogens (tertiary/aromatic N) is 1. The third-order valence-electron chi connectivity index (χ3n) is 2.40. The highest BCUT2D eigenvalue weighted by Gasteiger charge is 2.48. The van der Waals surface area contributed by atoms with Crippen molar-refractivity contribution < 1.29 is 19.5 Å². The van der Waals surface area contributed by atoms with Gasteiger partial charge in [-0.25, -0.2) is 4.79 Å². The highest BCUT2D eigenvalue weighted by molar-refractivity contribution is 8.23. The van der Waals surface area contributed by atoms with E-state index in [0.717, 1.165) is 11.8 Å². The molecule has 8 heteroatoms. The third kappa shape index (κ3) is 2.14. The van der Waals surface area contributed by atoms with Crippen molar-refractivity contribution in [1.29, 1.82) is 0 Å². The van der Waals surface area contributed by atoms with E-state index in [0.29, 0.717) is 10.7 Å². The third-order valence-corrected chi connectivity index (χ3v) is 4.96. The zero-order valence-electron chi connectivity index (χ0n) is 8.93. The number of aliphatic carboxylic acids is 1. The van der Waals surface area contributed by atoms with Gasteiger partial charge in [0.15, 0.2) is 5.70 Å². The van der Waals surface area contributed by atoms with Crippen LogP contribution in [0.5, 0.6) is 0 Å². The van der Waals surface area contributed by atoms with Gasteiger partial charge >= 0.3 is 5.97 Å². The molecule has 0 radical (unpaired) electrons. The molecular formula is C9H10N2O4S2. The molecule has 0 aromatic rings. The number of carbonyl (C=O) groups excluding carboxylic acids is 2. The van der Waals surface area contributed by atoms with Gasteiger partial charge in [-0.05, 0) is 0 Å². The smallest absolute Gasteiger partial charge is 0.354 e. The zero-order chi connectivity index (χ0) is 12.6. The maximum absolute atomic E-state index is 11.3. The van der Waals surface area contributed by atoms with Crippen LogP contribution in [0.25, 0.3) is 0 Å². The number of carboxylic acids is 1. The number of fused-ring (bicyclic) bond motifs is 1. The summed E-state index contributed by atoms with van der Waals surface area (Å²) >= 11 is 2.50. The molecule has 2 aliphatic heterocycles. The Kier molecular flexibility index (Phi) is 3.34. The normalized spacial score (nSPS) is 22.3. The van der Waals surface area contributed by atoms with Gasteiger partial charge in [0.2, 0.25) is 11.8 Å². The molecule has 0 spiro atoms. The number of carbonyl (C=O) groups is 3. The Balaban J connectivity index is 2.12. The lowest BCUT2D eigenvalue weighted by atomic mass is 10.2. The monoisotopic (exact) mass is 274 g/mol. The minimum Gasteiger partial charge on any atom is -0.477 e. The van der Waals surface area contributed by atoms with E-state index in [1.165, 1.54) is 23.7 Å². The van der Waals surface area contributed by atoms with Crippen LogP contribution >= 0.6 is 23.5 Å². The molecule has 0 aliphatic carbocycles. The molecule has 0 aromatic carbocycles. The summed E-state index contributed by atoms with van der Waals surface area (Å²) in [5, 5.41) is 11.4. The minimum atomic E-state index is -1.12. The number of amides is 2. The van der Waals surface area contributed by atoms with Gasteiger partial charge in [0.1, 0.15) is 0 Å². The van der Waals surface area contributed by atoms with Crippen LogP contribution in [-0.4, -0.2) is 46.0 Å². The molecule has 2 heterocycles. The Morgan fingerprint density at radius 1 is 1.65 bits per heavy atom. The number of nitrogens with one attached hydrogen (secondary N) is 1. The first-order valence-corrected chi connectivity index (χ1v) is 6.70. The summed E-state index contributed by atoms with van der Waals surface area (Å²) in [5.74, 6) is -1.30. The average molecular weight is 274 g/mol. The van der Waals surface area contributed by atoms with Crippen molar-refractivity contribution in [3.05, 3.63) is 9.93 Å². The zero-order valence-corrected chi connectivity index (χ0v) is 10.6. The van der Waals surface area contributed by atoms with Gasteiger partial charge < -0.3 is 10.4 Å². The number of hydrogen-bond acceptors (Lipinski definition) is 5. The molecule has 92 valence electrons. The van der Waals surface area contributed by atoms with Gasteiger partial charge in [-0.2, -0.15) is 0 Å². The Morgan fingerprint density at radius 2 is 2.35 bits per heavy atom. The fourth-order valence-electron chi connectivity index (χ4n) is 1.52. The van der Waals surface area contributed by atoms with E-state index in [9.17, 15) is 14.4 Å². The van der Waals surface area contributed by atoms with Crippen LogP contribution in [0.3, 0.4) is 0 Å². The van der Waals surface area contributed by atoms with E-state index in [2.05, 4.69) is 5.32 Å². The van der Waals surface area contributed by atoms with Gasteiger partial charge in [-0.1, -0.05) is 11.8 Å².